The number of aryl methyl sites for hydroxylation is 1. The molecular formula is C19H22F2O. The quantitative estimate of drug-likeness (QED) is 0.750. The predicted octanol–water partition coefficient (Wildman–Crippen LogP) is 5.09. The van der Waals surface area contributed by atoms with Gasteiger partial charge in [0.2, 0.25) is 0 Å². The second kappa shape index (κ2) is 5.96. The van der Waals surface area contributed by atoms with Crippen LogP contribution in [0.15, 0.2) is 18.2 Å². The SMILES string of the molecule is Cc1c(F)cc2cc(CC3CCC(C)CO3)cc(C)c2c1F. The Bertz CT molecular complexity index is 700. The summed E-state index contributed by atoms with van der Waals surface area (Å²) in [6.07, 6.45) is 3.25. The summed E-state index contributed by atoms with van der Waals surface area (Å²) in [5.74, 6) is -0.299. The lowest BCUT2D eigenvalue weighted by Crippen LogP contribution is -2.26. The van der Waals surface area contributed by atoms with Crippen LogP contribution in [0.1, 0.15) is 36.5 Å². The number of fused-ring (bicyclic) bond motifs is 1. The van der Waals surface area contributed by atoms with E-state index in [1.807, 2.05) is 19.1 Å². The standard InChI is InChI=1S/C19H22F2O/c1-11-4-5-16(22-10-11)8-14-6-12(2)18-15(7-14)9-17(20)13(3)19(18)21/h6-7,9,11,16H,4-5,8,10H2,1-3H3. The van der Waals surface area contributed by atoms with Crippen molar-refractivity contribution in [1.29, 1.82) is 0 Å². The van der Waals surface area contributed by atoms with Crippen molar-refractivity contribution < 1.29 is 13.5 Å². The highest BCUT2D eigenvalue weighted by atomic mass is 19.1. The average Bonchev–Trinajstić information content (AvgIpc) is 2.47. The van der Waals surface area contributed by atoms with Crippen molar-refractivity contribution in [3.8, 4) is 0 Å². The lowest BCUT2D eigenvalue weighted by Gasteiger charge is -2.27. The molecule has 0 aromatic heterocycles. The molecule has 22 heavy (non-hydrogen) atoms. The summed E-state index contributed by atoms with van der Waals surface area (Å²) in [5.41, 5.74) is 2.04. The molecule has 1 aliphatic heterocycles. The smallest absolute Gasteiger partial charge is 0.137 e. The summed E-state index contributed by atoms with van der Waals surface area (Å²) >= 11 is 0. The van der Waals surface area contributed by atoms with E-state index in [1.165, 1.54) is 19.4 Å². The van der Waals surface area contributed by atoms with Crippen LogP contribution in [0.4, 0.5) is 8.78 Å². The molecule has 2 atom stereocenters. The first kappa shape index (κ1) is 15.4. The van der Waals surface area contributed by atoms with Crippen molar-refractivity contribution in [2.75, 3.05) is 6.61 Å². The van der Waals surface area contributed by atoms with Crippen molar-refractivity contribution in [3.63, 3.8) is 0 Å². The Hall–Kier alpha value is -1.48. The Morgan fingerprint density at radius 1 is 1.14 bits per heavy atom. The Kier molecular flexibility index (Phi) is 4.18. The van der Waals surface area contributed by atoms with E-state index in [0.717, 1.165) is 30.6 Å². The fourth-order valence-corrected chi connectivity index (χ4v) is 3.32. The molecule has 2 aromatic carbocycles. The van der Waals surface area contributed by atoms with Gasteiger partial charge in [0.05, 0.1) is 6.10 Å². The van der Waals surface area contributed by atoms with E-state index in [9.17, 15) is 8.78 Å². The summed E-state index contributed by atoms with van der Waals surface area (Å²) in [6, 6.07) is 5.34. The second-order valence-electron chi connectivity index (χ2n) is 6.65. The molecule has 2 aromatic rings. The molecule has 0 aliphatic carbocycles. The molecule has 3 rings (SSSR count). The molecule has 0 N–H and O–H groups in total. The average molecular weight is 304 g/mol. The highest BCUT2D eigenvalue weighted by Gasteiger charge is 2.20. The van der Waals surface area contributed by atoms with Gasteiger partial charge in [-0.15, -0.1) is 0 Å². The van der Waals surface area contributed by atoms with Gasteiger partial charge in [-0.2, -0.15) is 0 Å². The van der Waals surface area contributed by atoms with Gasteiger partial charge in [-0.1, -0.05) is 19.1 Å². The van der Waals surface area contributed by atoms with Gasteiger partial charge in [0, 0.05) is 17.6 Å². The highest BCUT2D eigenvalue weighted by molar-refractivity contribution is 5.87. The highest BCUT2D eigenvalue weighted by Crippen LogP contribution is 2.29. The van der Waals surface area contributed by atoms with Crippen LogP contribution in [0.25, 0.3) is 10.8 Å². The fourth-order valence-electron chi connectivity index (χ4n) is 3.32. The van der Waals surface area contributed by atoms with Crippen LogP contribution in [0.5, 0.6) is 0 Å². The van der Waals surface area contributed by atoms with Crippen LogP contribution in [0.2, 0.25) is 0 Å². The molecule has 1 nitrogen and oxygen atoms in total. The third-order valence-electron chi connectivity index (χ3n) is 4.68. The van der Waals surface area contributed by atoms with E-state index in [0.29, 0.717) is 16.7 Å². The Labute approximate surface area is 130 Å². The first-order chi connectivity index (χ1) is 10.5. The normalized spacial score (nSPS) is 22.2. The summed E-state index contributed by atoms with van der Waals surface area (Å²) < 4.78 is 34.0. The molecule has 0 amide bonds. The van der Waals surface area contributed by atoms with Crippen molar-refractivity contribution in [3.05, 3.63) is 46.5 Å². The first-order valence-corrected chi connectivity index (χ1v) is 7.95. The van der Waals surface area contributed by atoms with Gasteiger partial charge in [-0.25, -0.2) is 8.78 Å². The first-order valence-electron chi connectivity index (χ1n) is 7.95. The van der Waals surface area contributed by atoms with Crippen molar-refractivity contribution in [1.82, 2.24) is 0 Å². The third kappa shape index (κ3) is 2.87. The van der Waals surface area contributed by atoms with E-state index in [1.54, 1.807) is 0 Å². The summed E-state index contributed by atoms with van der Waals surface area (Å²) in [7, 11) is 0. The van der Waals surface area contributed by atoms with Crippen molar-refractivity contribution in [2.45, 2.75) is 46.1 Å². The molecule has 3 heteroatoms. The maximum absolute atomic E-state index is 14.3. The van der Waals surface area contributed by atoms with E-state index >= 15 is 0 Å². The summed E-state index contributed by atoms with van der Waals surface area (Å²) in [6.45, 7) is 6.37. The van der Waals surface area contributed by atoms with Crippen LogP contribution in [0, 0.1) is 31.4 Å². The van der Waals surface area contributed by atoms with Crippen LogP contribution < -0.4 is 0 Å². The molecule has 0 radical (unpaired) electrons. The largest absolute Gasteiger partial charge is 0.378 e. The van der Waals surface area contributed by atoms with Gasteiger partial charge in [0.15, 0.2) is 0 Å². The lowest BCUT2D eigenvalue weighted by molar-refractivity contribution is -0.0101. The van der Waals surface area contributed by atoms with Crippen LogP contribution in [-0.2, 0) is 11.2 Å². The van der Waals surface area contributed by atoms with E-state index in [-0.39, 0.29) is 11.7 Å². The molecule has 1 fully saturated rings. The maximum Gasteiger partial charge on any atom is 0.137 e. The zero-order valence-corrected chi connectivity index (χ0v) is 13.4. The van der Waals surface area contributed by atoms with Crippen LogP contribution in [-0.4, -0.2) is 12.7 Å². The minimum atomic E-state index is -0.482. The number of rotatable bonds is 2. The zero-order valence-electron chi connectivity index (χ0n) is 13.4. The topological polar surface area (TPSA) is 9.23 Å². The van der Waals surface area contributed by atoms with E-state index < -0.39 is 11.6 Å². The number of hydrogen-bond acceptors (Lipinski definition) is 1. The summed E-state index contributed by atoms with van der Waals surface area (Å²) in [4.78, 5) is 0. The van der Waals surface area contributed by atoms with Crippen LogP contribution in [0.3, 0.4) is 0 Å². The summed E-state index contributed by atoms with van der Waals surface area (Å²) in [5, 5.41) is 1.17. The van der Waals surface area contributed by atoms with Crippen LogP contribution >= 0.6 is 0 Å². The molecule has 0 bridgehead atoms. The van der Waals surface area contributed by atoms with Gasteiger partial charge in [-0.05, 0) is 61.6 Å². The maximum atomic E-state index is 14.3. The number of ether oxygens (including phenoxy) is 1. The molecular weight excluding hydrogens is 282 g/mol. The second-order valence-corrected chi connectivity index (χ2v) is 6.65. The number of halogens is 2. The molecule has 1 saturated heterocycles. The van der Waals surface area contributed by atoms with Gasteiger partial charge >= 0.3 is 0 Å². The molecule has 0 saturated carbocycles. The van der Waals surface area contributed by atoms with E-state index in [2.05, 4.69) is 6.92 Å². The molecule has 2 unspecified atom stereocenters. The Morgan fingerprint density at radius 3 is 2.59 bits per heavy atom. The lowest BCUT2D eigenvalue weighted by atomic mass is 9.93. The number of hydrogen-bond donors (Lipinski definition) is 0. The van der Waals surface area contributed by atoms with E-state index in [4.69, 9.17) is 4.74 Å². The van der Waals surface area contributed by atoms with Crippen molar-refractivity contribution in [2.24, 2.45) is 5.92 Å². The van der Waals surface area contributed by atoms with Gasteiger partial charge < -0.3 is 4.74 Å². The van der Waals surface area contributed by atoms with Gasteiger partial charge in [0.25, 0.3) is 0 Å². The fraction of sp³-hybridized carbons (Fsp3) is 0.474. The minimum Gasteiger partial charge on any atom is -0.378 e. The van der Waals surface area contributed by atoms with Gasteiger partial charge in [-0.3, -0.25) is 0 Å². The van der Waals surface area contributed by atoms with Gasteiger partial charge in [0.1, 0.15) is 11.6 Å². The van der Waals surface area contributed by atoms with Crippen molar-refractivity contribution >= 4 is 10.8 Å². The minimum absolute atomic E-state index is 0.0907. The Balaban J connectivity index is 1.94. The third-order valence-corrected chi connectivity index (χ3v) is 4.68. The molecule has 118 valence electrons. The number of benzene rings is 2. The zero-order chi connectivity index (χ0) is 15.9. The molecule has 0 spiro atoms. The monoisotopic (exact) mass is 304 g/mol. The Morgan fingerprint density at radius 2 is 1.91 bits per heavy atom. The molecule has 1 aliphatic rings. The molecule has 1 heterocycles. The predicted molar refractivity (Wildman–Crippen MR) is 85.2 cm³/mol.